The molecule has 110 valence electrons. The first-order valence-corrected chi connectivity index (χ1v) is 6.58. The van der Waals surface area contributed by atoms with Crippen LogP contribution in [0.15, 0.2) is 41.6 Å². The summed E-state index contributed by atoms with van der Waals surface area (Å²) in [5, 5.41) is 14.7. The Morgan fingerprint density at radius 2 is 2.00 bits per heavy atom. The van der Waals surface area contributed by atoms with Crippen LogP contribution >= 0.6 is 0 Å². The predicted molar refractivity (Wildman–Crippen MR) is 82.2 cm³/mol. The van der Waals surface area contributed by atoms with E-state index in [9.17, 15) is 4.39 Å². The van der Waals surface area contributed by atoms with Gasteiger partial charge in [0.1, 0.15) is 5.82 Å². The normalized spacial score (nSPS) is 11.5. The molecule has 0 saturated heterocycles. The molecule has 0 spiro atoms. The van der Waals surface area contributed by atoms with E-state index in [2.05, 4.69) is 10.5 Å². The van der Waals surface area contributed by atoms with Crippen molar-refractivity contribution in [2.45, 2.75) is 20.4 Å². The Morgan fingerprint density at radius 1 is 1.24 bits per heavy atom. The Bertz CT molecular complexity index is 683. The summed E-state index contributed by atoms with van der Waals surface area (Å²) in [6, 6.07) is 10.6. The molecule has 0 radical (unpaired) electrons. The SMILES string of the molecule is Cc1ccc(NCc2ccc(/C(N)=N/O)cc2C)c(F)c1. The molecule has 2 rings (SSSR count). The van der Waals surface area contributed by atoms with E-state index in [0.717, 1.165) is 16.7 Å². The monoisotopic (exact) mass is 287 g/mol. The first kappa shape index (κ1) is 14.8. The second-order valence-corrected chi connectivity index (χ2v) is 4.96. The molecule has 0 aliphatic heterocycles. The number of hydrogen-bond acceptors (Lipinski definition) is 3. The number of amidine groups is 1. The Hall–Kier alpha value is -2.56. The van der Waals surface area contributed by atoms with Gasteiger partial charge in [0.2, 0.25) is 0 Å². The van der Waals surface area contributed by atoms with Crippen molar-refractivity contribution < 1.29 is 9.60 Å². The summed E-state index contributed by atoms with van der Waals surface area (Å²) in [5.74, 6) is -0.192. The largest absolute Gasteiger partial charge is 0.409 e. The standard InChI is InChI=1S/C16H18FN3O/c1-10-3-6-15(14(17)7-10)19-9-13-5-4-12(8-11(13)2)16(18)20-21/h3-8,19,21H,9H2,1-2H3,(H2,18,20). The van der Waals surface area contributed by atoms with Gasteiger partial charge in [-0.3, -0.25) is 0 Å². The molecule has 4 nitrogen and oxygen atoms in total. The molecule has 2 aromatic rings. The van der Waals surface area contributed by atoms with Crippen LogP contribution in [0.1, 0.15) is 22.3 Å². The van der Waals surface area contributed by atoms with Crippen molar-refractivity contribution in [1.29, 1.82) is 0 Å². The second kappa shape index (κ2) is 6.26. The molecule has 2 aromatic carbocycles. The highest BCUT2D eigenvalue weighted by Gasteiger charge is 2.05. The smallest absolute Gasteiger partial charge is 0.170 e. The highest BCUT2D eigenvalue weighted by Crippen LogP contribution is 2.18. The third-order valence-electron chi connectivity index (χ3n) is 3.34. The number of nitrogens with zero attached hydrogens (tertiary/aromatic N) is 1. The lowest BCUT2D eigenvalue weighted by atomic mass is 10.0. The molecule has 0 atom stereocenters. The Balaban J connectivity index is 2.13. The van der Waals surface area contributed by atoms with Gasteiger partial charge in [0.25, 0.3) is 0 Å². The maximum Gasteiger partial charge on any atom is 0.170 e. The van der Waals surface area contributed by atoms with Crippen molar-refractivity contribution in [2.24, 2.45) is 10.9 Å². The minimum atomic E-state index is -0.263. The van der Waals surface area contributed by atoms with Crippen LogP contribution in [0.2, 0.25) is 0 Å². The molecule has 0 bridgehead atoms. The summed E-state index contributed by atoms with van der Waals surface area (Å²) in [6.07, 6.45) is 0. The lowest BCUT2D eigenvalue weighted by Crippen LogP contribution is -2.13. The molecule has 4 N–H and O–H groups in total. The molecule has 0 aliphatic carbocycles. The summed E-state index contributed by atoms with van der Waals surface area (Å²) >= 11 is 0. The molecule has 5 heteroatoms. The van der Waals surface area contributed by atoms with Crippen LogP contribution in [0.5, 0.6) is 0 Å². The number of hydrogen-bond donors (Lipinski definition) is 3. The quantitative estimate of drug-likeness (QED) is 0.350. The van der Waals surface area contributed by atoms with Gasteiger partial charge in [-0.1, -0.05) is 23.4 Å². The summed E-state index contributed by atoms with van der Waals surface area (Å²) in [5.41, 5.74) is 9.56. The molecule has 0 unspecified atom stereocenters. The second-order valence-electron chi connectivity index (χ2n) is 4.96. The van der Waals surface area contributed by atoms with Crippen molar-refractivity contribution in [1.82, 2.24) is 0 Å². The minimum Gasteiger partial charge on any atom is -0.409 e. The zero-order valence-corrected chi connectivity index (χ0v) is 12.0. The average molecular weight is 287 g/mol. The number of aryl methyl sites for hydroxylation is 2. The molecule has 0 aromatic heterocycles. The van der Waals surface area contributed by atoms with Crippen molar-refractivity contribution in [3.8, 4) is 0 Å². The molecule has 21 heavy (non-hydrogen) atoms. The fraction of sp³-hybridized carbons (Fsp3) is 0.188. The fourth-order valence-corrected chi connectivity index (χ4v) is 2.07. The van der Waals surface area contributed by atoms with E-state index >= 15 is 0 Å². The van der Waals surface area contributed by atoms with Crippen molar-refractivity contribution in [3.63, 3.8) is 0 Å². The van der Waals surface area contributed by atoms with Crippen LogP contribution in [0.4, 0.5) is 10.1 Å². The molecule has 0 aliphatic rings. The Labute approximate surface area is 123 Å². The molecule has 0 heterocycles. The summed E-state index contributed by atoms with van der Waals surface area (Å²) in [7, 11) is 0. The molecular weight excluding hydrogens is 269 g/mol. The van der Waals surface area contributed by atoms with Gasteiger partial charge in [-0.15, -0.1) is 0 Å². The Morgan fingerprint density at radius 3 is 2.62 bits per heavy atom. The maximum atomic E-state index is 13.7. The molecule has 0 amide bonds. The zero-order chi connectivity index (χ0) is 15.4. The van der Waals surface area contributed by atoms with E-state index in [1.807, 2.05) is 32.0 Å². The van der Waals surface area contributed by atoms with Crippen LogP contribution in [0.25, 0.3) is 0 Å². The summed E-state index contributed by atoms with van der Waals surface area (Å²) in [6.45, 7) is 4.28. The number of benzene rings is 2. The fourth-order valence-electron chi connectivity index (χ4n) is 2.07. The lowest BCUT2D eigenvalue weighted by Gasteiger charge is -2.11. The van der Waals surface area contributed by atoms with Gasteiger partial charge in [0, 0.05) is 12.1 Å². The molecule has 0 fully saturated rings. The van der Waals surface area contributed by atoms with Crippen molar-refractivity contribution in [3.05, 3.63) is 64.5 Å². The minimum absolute atomic E-state index is 0.0715. The topological polar surface area (TPSA) is 70.6 Å². The van der Waals surface area contributed by atoms with Crippen LogP contribution in [0, 0.1) is 19.7 Å². The predicted octanol–water partition coefficient (Wildman–Crippen LogP) is 3.15. The van der Waals surface area contributed by atoms with E-state index in [1.54, 1.807) is 12.1 Å². The van der Waals surface area contributed by atoms with Crippen LogP contribution in [0.3, 0.4) is 0 Å². The summed E-state index contributed by atoms with van der Waals surface area (Å²) < 4.78 is 13.7. The van der Waals surface area contributed by atoms with E-state index in [1.165, 1.54) is 6.07 Å². The summed E-state index contributed by atoms with van der Waals surface area (Å²) in [4.78, 5) is 0. The van der Waals surface area contributed by atoms with Gasteiger partial charge >= 0.3 is 0 Å². The number of rotatable bonds is 4. The van der Waals surface area contributed by atoms with Crippen LogP contribution < -0.4 is 11.1 Å². The van der Waals surface area contributed by atoms with E-state index in [4.69, 9.17) is 10.9 Å². The van der Waals surface area contributed by atoms with Gasteiger partial charge < -0.3 is 16.3 Å². The van der Waals surface area contributed by atoms with Crippen molar-refractivity contribution in [2.75, 3.05) is 5.32 Å². The number of anilines is 1. The van der Waals surface area contributed by atoms with E-state index < -0.39 is 0 Å². The van der Waals surface area contributed by atoms with Gasteiger partial charge in [-0.25, -0.2) is 4.39 Å². The first-order chi connectivity index (χ1) is 10.0. The van der Waals surface area contributed by atoms with Crippen molar-refractivity contribution >= 4 is 11.5 Å². The average Bonchev–Trinajstić information content (AvgIpc) is 2.46. The van der Waals surface area contributed by atoms with Gasteiger partial charge in [0.05, 0.1) is 5.69 Å². The van der Waals surface area contributed by atoms with Gasteiger partial charge in [-0.2, -0.15) is 0 Å². The number of nitrogens with one attached hydrogen (secondary N) is 1. The number of halogens is 1. The third-order valence-corrected chi connectivity index (χ3v) is 3.34. The van der Waals surface area contributed by atoms with Gasteiger partial charge in [0.15, 0.2) is 5.84 Å². The zero-order valence-electron chi connectivity index (χ0n) is 12.0. The van der Waals surface area contributed by atoms with Crippen LogP contribution in [-0.4, -0.2) is 11.0 Å². The van der Waals surface area contributed by atoms with Crippen LogP contribution in [-0.2, 0) is 6.54 Å². The molecular formula is C16H18FN3O. The first-order valence-electron chi connectivity index (χ1n) is 6.58. The van der Waals surface area contributed by atoms with Gasteiger partial charge in [-0.05, 0) is 48.7 Å². The Kier molecular flexibility index (Phi) is 4.42. The highest BCUT2D eigenvalue weighted by molar-refractivity contribution is 5.97. The third kappa shape index (κ3) is 3.51. The maximum absolute atomic E-state index is 13.7. The van der Waals surface area contributed by atoms with E-state index in [0.29, 0.717) is 17.8 Å². The highest BCUT2D eigenvalue weighted by atomic mass is 19.1. The molecule has 0 saturated carbocycles. The number of nitrogens with two attached hydrogens (primary N) is 1. The lowest BCUT2D eigenvalue weighted by molar-refractivity contribution is 0.318. The number of oxime groups is 1. The van der Waals surface area contributed by atoms with E-state index in [-0.39, 0.29) is 11.7 Å².